The van der Waals surface area contributed by atoms with Crippen LogP contribution in [0.5, 0.6) is 0 Å². The van der Waals surface area contributed by atoms with Crippen molar-refractivity contribution in [1.82, 2.24) is 5.32 Å². The minimum Gasteiger partial charge on any atom is -0.387 e. The lowest BCUT2D eigenvalue weighted by Crippen LogP contribution is -2.63. The van der Waals surface area contributed by atoms with Gasteiger partial charge in [-0.05, 0) is 104 Å². The average molecular weight is 460 g/mol. The normalized spacial score (nSPS) is 49.8. The predicted octanol–water partition coefficient (Wildman–Crippen LogP) is 5.54. The number of hydrogen-bond acceptors (Lipinski definition) is 4. The van der Waals surface area contributed by atoms with Gasteiger partial charge in [0.25, 0.3) is 0 Å². The van der Waals surface area contributed by atoms with Gasteiger partial charge in [0.15, 0.2) is 0 Å². The Hall–Kier alpha value is -0.710. The summed E-state index contributed by atoms with van der Waals surface area (Å²) in [5.41, 5.74) is 1.99. The fourth-order valence-corrected chi connectivity index (χ4v) is 10.3. The van der Waals surface area contributed by atoms with Gasteiger partial charge in [0.1, 0.15) is 6.29 Å². The molecular formula is C29H49NO3. The van der Waals surface area contributed by atoms with Crippen LogP contribution in [-0.2, 0) is 9.53 Å². The van der Waals surface area contributed by atoms with Crippen LogP contribution in [0.2, 0.25) is 0 Å². The van der Waals surface area contributed by atoms with Gasteiger partial charge in [0.05, 0.1) is 12.2 Å². The van der Waals surface area contributed by atoms with E-state index in [2.05, 4.69) is 39.1 Å². The summed E-state index contributed by atoms with van der Waals surface area (Å²) in [6, 6.07) is 0. The Bertz CT molecular complexity index is 781. The van der Waals surface area contributed by atoms with Gasteiger partial charge in [-0.1, -0.05) is 39.3 Å². The fraction of sp³-hybridized carbons (Fsp3) is 0.897. The lowest BCUT2D eigenvalue weighted by atomic mass is 9.36. The summed E-state index contributed by atoms with van der Waals surface area (Å²) in [6.45, 7) is 11.7. The zero-order valence-corrected chi connectivity index (χ0v) is 22.1. The van der Waals surface area contributed by atoms with E-state index < -0.39 is 5.60 Å². The van der Waals surface area contributed by atoms with Crippen LogP contribution in [0.25, 0.3) is 0 Å². The van der Waals surface area contributed by atoms with Crippen LogP contribution in [0.3, 0.4) is 0 Å². The van der Waals surface area contributed by atoms with Gasteiger partial charge in [-0.25, -0.2) is 0 Å². The molecule has 8 atom stereocenters. The molecule has 0 aliphatic heterocycles. The monoisotopic (exact) mass is 459 g/mol. The van der Waals surface area contributed by atoms with Crippen LogP contribution in [0.15, 0.2) is 11.6 Å². The molecule has 0 aromatic rings. The predicted molar refractivity (Wildman–Crippen MR) is 134 cm³/mol. The van der Waals surface area contributed by atoms with E-state index in [0.29, 0.717) is 41.1 Å². The molecular weight excluding hydrogens is 410 g/mol. The summed E-state index contributed by atoms with van der Waals surface area (Å²) in [4.78, 5) is 11.1. The molecule has 0 heterocycles. The van der Waals surface area contributed by atoms with Crippen LogP contribution in [-0.4, -0.2) is 44.3 Å². The Morgan fingerprint density at radius 2 is 1.73 bits per heavy atom. The van der Waals surface area contributed by atoms with Crippen molar-refractivity contribution in [2.24, 2.45) is 39.4 Å². The zero-order chi connectivity index (χ0) is 24.1. The molecule has 4 rings (SSSR count). The van der Waals surface area contributed by atoms with Crippen molar-refractivity contribution >= 4 is 6.29 Å². The van der Waals surface area contributed by atoms with Crippen LogP contribution < -0.4 is 5.32 Å². The van der Waals surface area contributed by atoms with E-state index in [0.717, 1.165) is 38.0 Å². The van der Waals surface area contributed by atoms with E-state index in [-0.39, 0.29) is 5.41 Å². The van der Waals surface area contributed by atoms with E-state index in [1.807, 2.05) is 7.05 Å². The summed E-state index contributed by atoms with van der Waals surface area (Å²) in [5, 5.41) is 14.6. The summed E-state index contributed by atoms with van der Waals surface area (Å²) >= 11 is 0. The van der Waals surface area contributed by atoms with Gasteiger partial charge in [-0.2, -0.15) is 0 Å². The highest BCUT2D eigenvalue weighted by molar-refractivity contribution is 5.52. The van der Waals surface area contributed by atoms with Crippen LogP contribution in [0.4, 0.5) is 0 Å². The lowest BCUT2D eigenvalue weighted by Gasteiger charge is -2.69. The first-order chi connectivity index (χ1) is 15.5. The number of carbonyl (C=O) groups is 1. The number of aliphatic hydroxyl groups is 1. The first-order valence-electron chi connectivity index (χ1n) is 13.5. The second kappa shape index (κ2) is 8.75. The van der Waals surface area contributed by atoms with Gasteiger partial charge in [0.2, 0.25) is 0 Å². The largest absolute Gasteiger partial charge is 0.387 e. The van der Waals surface area contributed by atoms with Gasteiger partial charge < -0.3 is 20.0 Å². The number of methoxy groups -OCH3 is 1. The molecule has 33 heavy (non-hydrogen) atoms. The Morgan fingerprint density at radius 1 is 1.00 bits per heavy atom. The molecule has 0 unspecified atom stereocenters. The number of ether oxygens (including phenoxy) is 1. The number of aldehydes is 1. The number of carbonyl (C=O) groups excluding carboxylic acids is 1. The molecule has 4 fully saturated rings. The molecule has 4 aliphatic carbocycles. The van der Waals surface area contributed by atoms with Crippen LogP contribution >= 0.6 is 0 Å². The van der Waals surface area contributed by atoms with Crippen molar-refractivity contribution in [3.05, 3.63) is 11.6 Å². The number of hydrogen-bond donors (Lipinski definition) is 2. The molecule has 0 aromatic carbocycles. The second-order valence-electron chi connectivity index (χ2n) is 13.3. The fourth-order valence-electron chi connectivity index (χ4n) is 10.3. The van der Waals surface area contributed by atoms with Gasteiger partial charge in [-0.15, -0.1) is 0 Å². The second-order valence-corrected chi connectivity index (χ2v) is 13.3. The molecule has 0 bridgehead atoms. The smallest absolute Gasteiger partial charge is 0.123 e. The summed E-state index contributed by atoms with van der Waals surface area (Å²) in [5.74, 6) is 2.00. The maximum atomic E-state index is 11.3. The standard InChI is InChI=1S/C29H49NO3/c1-25-12-10-24-26(2,23(25)11-14-29(32,19-25)20-33-6)15-16-27(3)22(9-13-28(24,27)4)21(18-30-5)8-7-17-31/h8,17,22-24,30,32H,7,9-16,18-20H2,1-6H3/b21-8+/t22-,23+,24-,25+,26-,27-,28+,29-/m1/s1. The van der Waals surface area contributed by atoms with Crippen LogP contribution in [0, 0.1) is 39.4 Å². The van der Waals surface area contributed by atoms with Crippen molar-refractivity contribution in [3.8, 4) is 0 Å². The number of nitrogens with one attached hydrogen (secondary N) is 1. The molecule has 2 N–H and O–H groups in total. The van der Waals surface area contributed by atoms with Gasteiger partial charge >= 0.3 is 0 Å². The Kier molecular flexibility index (Phi) is 6.73. The van der Waals surface area contributed by atoms with E-state index in [1.165, 1.54) is 44.1 Å². The van der Waals surface area contributed by atoms with Gasteiger partial charge in [0, 0.05) is 20.1 Å². The molecule has 4 aliphatic rings. The number of allylic oxidation sites excluding steroid dienone is 1. The Labute approximate surface area is 202 Å². The number of rotatable bonds is 7. The highest BCUT2D eigenvalue weighted by atomic mass is 16.5. The lowest BCUT2D eigenvalue weighted by molar-refractivity contribution is -0.214. The molecule has 0 radical (unpaired) electrons. The van der Waals surface area contributed by atoms with E-state index in [1.54, 1.807) is 7.11 Å². The molecule has 0 saturated heterocycles. The average Bonchev–Trinajstić information content (AvgIpc) is 3.01. The molecule has 188 valence electrons. The Balaban J connectivity index is 1.64. The topological polar surface area (TPSA) is 58.6 Å². The van der Waals surface area contributed by atoms with E-state index >= 15 is 0 Å². The first kappa shape index (κ1) is 25.4. The maximum Gasteiger partial charge on any atom is 0.123 e. The van der Waals surface area contributed by atoms with Crippen molar-refractivity contribution in [3.63, 3.8) is 0 Å². The molecule has 4 saturated carbocycles. The quantitative estimate of drug-likeness (QED) is 0.388. The van der Waals surface area contributed by atoms with Crippen molar-refractivity contribution in [2.45, 2.75) is 97.5 Å². The minimum atomic E-state index is -0.653. The summed E-state index contributed by atoms with van der Waals surface area (Å²) < 4.78 is 5.43. The maximum absolute atomic E-state index is 11.3. The third-order valence-corrected chi connectivity index (χ3v) is 11.8. The number of likely N-dealkylation sites (N-methyl/N-ethyl adjacent to an activating group) is 1. The first-order valence-corrected chi connectivity index (χ1v) is 13.5. The summed E-state index contributed by atoms with van der Waals surface area (Å²) in [6.07, 6.45) is 14.3. The minimum absolute atomic E-state index is 0.208. The third-order valence-electron chi connectivity index (χ3n) is 11.8. The highest BCUT2D eigenvalue weighted by Crippen LogP contribution is 2.76. The highest BCUT2D eigenvalue weighted by Gasteiger charge is 2.69. The van der Waals surface area contributed by atoms with Gasteiger partial charge in [-0.3, -0.25) is 0 Å². The van der Waals surface area contributed by atoms with Crippen molar-refractivity contribution < 1.29 is 14.6 Å². The SMILES string of the molecule is CNC/C(=C\CC=O)[C@H]1CC[C@@]2(C)[C@@H]3CC[C@@]4(C)C[C@@](O)(COC)CC[C@@H]4[C@@]3(C)CC[C@]12C. The molecule has 0 aromatic heterocycles. The molecule has 0 spiro atoms. The molecule has 4 nitrogen and oxygen atoms in total. The summed E-state index contributed by atoms with van der Waals surface area (Å²) in [7, 11) is 3.74. The van der Waals surface area contributed by atoms with Crippen LogP contribution in [0.1, 0.15) is 91.9 Å². The Morgan fingerprint density at radius 3 is 2.39 bits per heavy atom. The molecule has 4 heteroatoms. The van der Waals surface area contributed by atoms with E-state index in [9.17, 15) is 9.90 Å². The molecule has 0 amide bonds. The van der Waals surface area contributed by atoms with Crippen molar-refractivity contribution in [1.29, 1.82) is 0 Å². The zero-order valence-electron chi connectivity index (χ0n) is 22.1. The third kappa shape index (κ3) is 3.78. The van der Waals surface area contributed by atoms with Crippen molar-refractivity contribution in [2.75, 3.05) is 27.3 Å². The van der Waals surface area contributed by atoms with E-state index in [4.69, 9.17) is 4.74 Å². The number of fused-ring (bicyclic) bond motifs is 5.